The fraction of sp³-hybridized carbons (Fsp3) is 0.226. The molecule has 4 aromatic rings. The Balaban J connectivity index is 1.44. The summed E-state index contributed by atoms with van der Waals surface area (Å²) in [4.78, 5) is 24.9. The average molecular weight is 584 g/mol. The van der Waals surface area contributed by atoms with E-state index in [0.29, 0.717) is 11.5 Å². The molecule has 3 aromatic carbocycles. The number of amides is 2. The van der Waals surface area contributed by atoms with Crippen molar-refractivity contribution >= 4 is 12.0 Å². The normalized spacial score (nSPS) is 11.6. The number of nitrogens with one attached hydrogen (secondary N) is 2. The van der Waals surface area contributed by atoms with Crippen LogP contribution in [0.25, 0.3) is 5.69 Å². The number of ether oxygens (including phenoxy) is 2. The van der Waals surface area contributed by atoms with Gasteiger partial charge in [-0.2, -0.15) is 13.2 Å². The van der Waals surface area contributed by atoms with Crippen molar-refractivity contribution in [3.8, 4) is 17.2 Å². The van der Waals surface area contributed by atoms with Crippen LogP contribution in [0.1, 0.15) is 48.0 Å². The van der Waals surface area contributed by atoms with Crippen LogP contribution < -0.4 is 15.4 Å². The minimum atomic E-state index is -4.73. The molecule has 7 nitrogen and oxygen atoms in total. The summed E-state index contributed by atoms with van der Waals surface area (Å²) in [5.74, 6) is 0.0213. The van der Waals surface area contributed by atoms with Crippen LogP contribution >= 0.6 is 0 Å². The third kappa shape index (κ3) is 8.12. The standard InChI is InChI=1S/C31H29F4N3O4/c1-30(2,3)42-29(40)37-19-21-8-15-26(25(17-21)31(33,34)35)38-16-4-5-27(38)28(39)36-18-20-6-11-23(12-7-20)41-24-13-9-22(32)10-14-24/h4-17H,18-19H2,1-3H3,(H,36,39)(H,37,40). The van der Waals surface area contributed by atoms with Gasteiger partial charge in [0, 0.05) is 19.3 Å². The number of benzene rings is 3. The van der Waals surface area contributed by atoms with Crippen molar-refractivity contribution in [3.63, 3.8) is 0 Å². The van der Waals surface area contributed by atoms with Crippen molar-refractivity contribution in [2.75, 3.05) is 0 Å². The molecule has 0 fully saturated rings. The molecule has 4 rings (SSSR count). The first-order valence-corrected chi connectivity index (χ1v) is 12.9. The second kappa shape index (κ2) is 12.4. The first kappa shape index (κ1) is 30.2. The van der Waals surface area contributed by atoms with Crippen molar-refractivity contribution in [2.24, 2.45) is 0 Å². The molecule has 0 atom stereocenters. The Morgan fingerprint density at radius 3 is 2.02 bits per heavy atom. The molecule has 0 saturated heterocycles. The molecule has 0 unspecified atom stereocenters. The van der Waals surface area contributed by atoms with Crippen LogP contribution in [-0.4, -0.2) is 22.2 Å². The Labute approximate surface area is 240 Å². The van der Waals surface area contributed by atoms with Gasteiger partial charge < -0.3 is 24.7 Å². The summed E-state index contributed by atoms with van der Waals surface area (Å²) in [6.45, 7) is 4.97. The van der Waals surface area contributed by atoms with Gasteiger partial charge in [0.1, 0.15) is 28.6 Å². The number of hydrogen-bond donors (Lipinski definition) is 2. The molecule has 0 bridgehead atoms. The highest BCUT2D eigenvalue weighted by Gasteiger charge is 2.35. The Morgan fingerprint density at radius 2 is 1.40 bits per heavy atom. The van der Waals surface area contributed by atoms with Crippen LogP contribution in [0.5, 0.6) is 11.5 Å². The van der Waals surface area contributed by atoms with Crippen LogP contribution in [0.15, 0.2) is 85.1 Å². The maximum absolute atomic E-state index is 14.1. The van der Waals surface area contributed by atoms with E-state index in [0.717, 1.165) is 11.6 Å². The zero-order valence-corrected chi connectivity index (χ0v) is 23.1. The minimum Gasteiger partial charge on any atom is -0.457 e. The van der Waals surface area contributed by atoms with Gasteiger partial charge in [-0.25, -0.2) is 9.18 Å². The minimum absolute atomic E-state index is 0.0105. The van der Waals surface area contributed by atoms with Crippen molar-refractivity contribution in [3.05, 3.63) is 113 Å². The summed E-state index contributed by atoms with van der Waals surface area (Å²) < 4.78 is 67.3. The number of carbonyl (C=O) groups is 2. The first-order chi connectivity index (χ1) is 19.8. The van der Waals surface area contributed by atoms with Gasteiger partial charge in [0.2, 0.25) is 0 Å². The number of hydrogen-bond acceptors (Lipinski definition) is 4. The van der Waals surface area contributed by atoms with E-state index in [-0.39, 0.29) is 35.9 Å². The van der Waals surface area contributed by atoms with Crippen LogP contribution in [-0.2, 0) is 24.0 Å². The lowest BCUT2D eigenvalue weighted by Gasteiger charge is -2.20. The Hall–Kier alpha value is -4.80. The molecule has 0 aliphatic carbocycles. The molecular weight excluding hydrogens is 554 g/mol. The lowest BCUT2D eigenvalue weighted by molar-refractivity contribution is -0.137. The molecular formula is C31H29F4N3O4. The second-order valence-corrected chi connectivity index (χ2v) is 10.4. The van der Waals surface area contributed by atoms with Crippen LogP contribution in [0.4, 0.5) is 22.4 Å². The van der Waals surface area contributed by atoms with Gasteiger partial charge in [-0.15, -0.1) is 0 Å². The van der Waals surface area contributed by atoms with E-state index in [4.69, 9.17) is 9.47 Å². The maximum atomic E-state index is 14.1. The Morgan fingerprint density at radius 1 is 0.810 bits per heavy atom. The summed E-state index contributed by atoms with van der Waals surface area (Å²) >= 11 is 0. The molecule has 2 N–H and O–H groups in total. The van der Waals surface area contributed by atoms with E-state index in [2.05, 4.69) is 10.6 Å². The van der Waals surface area contributed by atoms with E-state index in [9.17, 15) is 27.2 Å². The van der Waals surface area contributed by atoms with E-state index >= 15 is 0 Å². The first-order valence-electron chi connectivity index (χ1n) is 12.9. The van der Waals surface area contributed by atoms with E-state index < -0.39 is 29.3 Å². The monoisotopic (exact) mass is 583 g/mol. The molecule has 0 radical (unpaired) electrons. The number of nitrogens with zero attached hydrogens (tertiary/aromatic N) is 1. The topological polar surface area (TPSA) is 81.6 Å². The lowest BCUT2D eigenvalue weighted by atomic mass is 10.1. The SMILES string of the molecule is CC(C)(C)OC(=O)NCc1ccc(-n2cccc2C(=O)NCc2ccc(Oc3ccc(F)cc3)cc2)c(C(F)(F)F)c1. The molecule has 1 aromatic heterocycles. The highest BCUT2D eigenvalue weighted by molar-refractivity contribution is 5.93. The molecule has 0 aliphatic rings. The van der Waals surface area contributed by atoms with Crippen molar-refractivity contribution in [1.82, 2.24) is 15.2 Å². The Kier molecular flexibility index (Phi) is 8.89. The van der Waals surface area contributed by atoms with Gasteiger partial charge >= 0.3 is 12.3 Å². The Bertz CT molecular complexity index is 1540. The van der Waals surface area contributed by atoms with Gasteiger partial charge in [-0.05, 0) is 92.6 Å². The number of halogens is 4. The summed E-state index contributed by atoms with van der Waals surface area (Å²) in [6, 6.07) is 18.9. The number of aromatic nitrogens is 1. The highest BCUT2D eigenvalue weighted by atomic mass is 19.4. The van der Waals surface area contributed by atoms with Gasteiger partial charge in [-0.1, -0.05) is 18.2 Å². The zero-order chi connectivity index (χ0) is 30.5. The molecule has 0 aliphatic heterocycles. The number of alkyl carbamates (subject to hydrolysis) is 1. The average Bonchev–Trinajstić information content (AvgIpc) is 3.41. The highest BCUT2D eigenvalue weighted by Crippen LogP contribution is 2.35. The van der Waals surface area contributed by atoms with Gasteiger partial charge in [0.15, 0.2) is 0 Å². The second-order valence-electron chi connectivity index (χ2n) is 10.4. The molecule has 2 amide bonds. The van der Waals surface area contributed by atoms with Crippen molar-refractivity contribution < 1.29 is 36.6 Å². The fourth-order valence-corrected chi connectivity index (χ4v) is 3.98. The maximum Gasteiger partial charge on any atom is 0.418 e. The zero-order valence-electron chi connectivity index (χ0n) is 23.1. The van der Waals surface area contributed by atoms with E-state index in [1.165, 1.54) is 59.3 Å². The van der Waals surface area contributed by atoms with E-state index in [1.54, 1.807) is 45.0 Å². The third-order valence-corrected chi connectivity index (χ3v) is 5.87. The summed E-state index contributed by atoms with van der Waals surface area (Å²) in [5.41, 5.74) is -1.00. The van der Waals surface area contributed by atoms with Crippen LogP contribution in [0.3, 0.4) is 0 Å². The summed E-state index contributed by atoms with van der Waals surface area (Å²) in [6.07, 6.45) is -4.10. The predicted molar refractivity (Wildman–Crippen MR) is 148 cm³/mol. The lowest BCUT2D eigenvalue weighted by Crippen LogP contribution is -2.32. The molecule has 42 heavy (non-hydrogen) atoms. The summed E-state index contributed by atoms with van der Waals surface area (Å²) in [5, 5.41) is 5.17. The quantitative estimate of drug-likeness (QED) is 0.212. The molecule has 220 valence electrons. The number of rotatable bonds is 8. The van der Waals surface area contributed by atoms with E-state index in [1.807, 2.05) is 0 Å². The molecule has 1 heterocycles. The molecule has 11 heteroatoms. The largest absolute Gasteiger partial charge is 0.457 e. The van der Waals surface area contributed by atoms with Crippen molar-refractivity contribution in [2.45, 2.75) is 45.6 Å². The van der Waals surface area contributed by atoms with Crippen LogP contribution in [0.2, 0.25) is 0 Å². The van der Waals surface area contributed by atoms with Crippen molar-refractivity contribution in [1.29, 1.82) is 0 Å². The van der Waals surface area contributed by atoms with Crippen LogP contribution in [0, 0.1) is 5.82 Å². The molecule has 0 spiro atoms. The molecule has 0 saturated carbocycles. The smallest absolute Gasteiger partial charge is 0.418 e. The summed E-state index contributed by atoms with van der Waals surface area (Å²) in [7, 11) is 0. The number of alkyl halides is 3. The van der Waals surface area contributed by atoms with Gasteiger partial charge in [0.25, 0.3) is 5.91 Å². The predicted octanol–water partition coefficient (Wildman–Crippen LogP) is 7.38. The van der Waals surface area contributed by atoms with Gasteiger partial charge in [0.05, 0.1) is 11.3 Å². The third-order valence-electron chi connectivity index (χ3n) is 5.87. The number of carbonyl (C=O) groups excluding carboxylic acids is 2. The van der Waals surface area contributed by atoms with Gasteiger partial charge in [-0.3, -0.25) is 4.79 Å². The fourth-order valence-electron chi connectivity index (χ4n) is 3.98.